The second kappa shape index (κ2) is 6.69. The Morgan fingerprint density at radius 3 is 2.57 bits per heavy atom. The summed E-state index contributed by atoms with van der Waals surface area (Å²) in [4.78, 5) is 10.8. The molecular weight excluding hydrogens is 274 g/mol. The Morgan fingerprint density at radius 1 is 1.19 bits per heavy atom. The molecule has 2 rings (SSSR count). The predicted octanol–water partition coefficient (Wildman–Crippen LogP) is 3.52. The summed E-state index contributed by atoms with van der Waals surface area (Å²) >= 11 is 0. The molecule has 0 aliphatic carbocycles. The average Bonchev–Trinajstić information content (AvgIpc) is 2.91. The lowest BCUT2D eigenvalue weighted by Crippen LogP contribution is -1.99. The van der Waals surface area contributed by atoms with Gasteiger partial charge in [-0.05, 0) is 32.0 Å². The highest BCUT2D eigenvalue weighted by Gasteiger charge is 2.11. The minimum absolute atomic E-state index is 0.128. The van der Waals surface area contributed by atoms with Crippen LogP contribution in [0.3, 0.4) is 0 Å². The van der Waals surface area contributed by atoms with E-state index < -0.39 is 5.97 Å². The third-order valence-corrected chi connectivity index (χ3v) is 2.64. The van der Waals surface area contributed by atoms with E-state index in [0.717, 1.165) is 0 Å². The molecule has 2 aromatic rings. The summed E-state index contributed by atoms with van der Waals surface area (Å²) in [6, 6.07) is 8.31. The zero-order valence-corrected chi connectivity index (χ0v) is 11.9. The Labute approximate surface area is 122 Å². The Balaban J connectivity index is 2.26. The highest BCUT2D eigenvalue weighted by molar-refractivity contribution is 5.85. The summed E-state index contributed by atoms with van der Waals surface area (Å²) in [5.41, 5.74) is 0.647. The highest BCUT2D eigenvalue weighted by atomic mass is 16.5. The normalized spacial score (nSPS) is 10.2. The van der Waals surface area contributed by atoms with E-state index in [4.69, 9.17) is 19.0 Å². The number of ether oxygens (including phenoxy) is 2. The molecule has 1 aromatic carbocycles. The number of hydrogen-bond acceptors (Lipinski definition) is 5. The van der Waals surface area contributed by atoms with Crippen molar-refractivity contribution < 1.29 is 23.8 Å². The molecule has 6 nitrogen and oxygen atoms in total. The first-order valence-electron chi connectivity index (χ1n) is 6.63. The zero-order valence-electron chi connectivity index (χ0n) is 11.9. The van der Waals surface area contributed by atoms with Crippen molar-refractivity contribution in [3.05, 3.63) is 36.1 Å². The Hall–Kier alpha value is -2.63. The lowest BCUT2D eigenvalue weighted by molar-refractivity contribution is 0.0663. The number of benzene rings is 1. The number of nitrogens with one attached hydrogen (secondary N) is 1. The van der Waals surface area contributed by atoms with Gasteiger partial charge in [-0.1, -0.05) is 0 Å². The van der Waals surface area contributed by atoms with E-state index in [1.165, 1.54) is 6.07 Å². The zero-order chi connectivity index (χ0) is 15.2. The van der Waals surface area contributed by atoms with Crippen LogP contribution in [0, 0.1) is 0 Å². The molecule has 2 N–H and O–H groups in total. The van der Waals surface area contributed by atoms with Crippen molar-refractivity contribution in [2.45, 2.75) is 13.8 Å². The quantitative estimate of drug-likeness (QED) is 0.812. The number of furan rings is 1. The molecule has 0 saturated heterocycles. The van der Waals surface area contributed by atoms with Gasteiger partial charge in [0.25, 0.3) is 0 Å². The number of carbonyl (C=O) groups is 1. The fourth-order valence-corrected chi connectivity index (χ4v) is 1.80. The van der Waals surface area contributed by atoms with Gasteiger partial charge in [0.2, 0.25) is 5.76 Å². The van der Waals surface area contributed by atoms with Crippen LogP contribution in [0.4, 0.5) is 11.6 Å². The summed E-state index contributed by atoms with van der Waals surface area (Å²) in [7, 11) is 0. The van der Waals surface area contributed by atoms with Gasteiger partial charge in [0.15, 0.2) is 5.88 Å². The van der Waals surface area contributed by atoms with Crippen molar-refractivity contribution in [3.8, 4) is 11.5 Å². The van der Waals surface area contributed by atoms with Crippen LogP contribution in [0.15, 0.2) is 34.7 Å². The van der Waals surface area contributed by atoms with E-state index >= 15 is 0 Å². The van der Waals surface area contributed by atoms with Crippen LogP contribution in [0.25, 0.3) is 0 Å². The summed E-state index contributed by atoms with van der Waals surface area (Å²) in [6.45, 7) is 4.85. The van der Waals surface area contributed by atoms with Crippen molar-refractivity contribution in [2.75, 3.05) is 18.5 Å². The molecule has 0 radical (unpaired) electrons. The van der Waals surface area contributed by atoms with E-state index in [1.807, 2.05) is 19.9 Å². The minimum Gasteiger partial charge on any atom is -0.494 e. The maximum absolute atomic E-state index is 10.8. The van der Waals surface area contributed by atoms with Gasteiger partial charge in [-0.25, -0.2) is 4.79 Å². The molecule has 0 amide bonds. The molecule has 0 bridgehead atoms. The summed E-state index contributed by atoms with van der Waals surface area (Å²) in [5, 5.41) is 11.8. The van der Waals surface area contributed by atoms with Crippen molar-refractivity contribution >= 4 is 17.5 Å². The number of carboxylic acids is 1. The largest absolute Gasteiger partial charge is 0.494 e. The molecular formula is C15H17NO5. The van der Waals surface area contributed by atoms with E-state index in [9.17, 15) is 4.79 Å². The monoisotopic (exact) mass is 291 g/mol. The van der Waals surface area contributed by atoms with Crippen molar-refractivity contribution in [3.63, 3.8) is 0 Å². The maximum atomic E-state index is 10.8. The second-order valence-electron chi connectivity index (χ2n) is 4.12. The first-order chi connectivity index (χ1) is 10.1. The summed E-state index contributed by atoms with van der Waals surface area (Å²) in [5.74, 6) is 0.400. The van der Waals surface area contributed by atoms with Gasteiger partial charge in [0, 0.05) is 12.1 Å². The van der Waals surface area contributed by atoms with Gasteiger partial charge in [-0.3, -0.25) is 0 Å². The molecule has 6 heteroatoms. The lowest BCUT2D eigenvalue weighted by Gasteiger charge is -2.12. The fourth-order valence-electron chi connectivity index (χ4n) is 1.80. The Bertz CT molecular complexity index is 620. The average molecular weight is 291 g/mol. The summed E-state index contributed by atoms with van der Waals surface area (Å²) in [6.07, 6.45) is 0. The first-order valence-corrected chi connectivity index (χ1v) is 6.63. The number of aromatic carboxylic acids is 1. The van der Waals surface area contributed by atoms with Gasteiger partial charge < -0.3 is 24.3 Å². The maximum Gasteiger partial charge on any atom is 0.371 e. The van der Waals surface area contributed by atoms with Crippen LogP contribution in [0.5, 0.6) is 11.5 Å². The van der Waals surface area contributed by atoms with Crippen molar-refractivity contribution in [1.29, 1.82) is 0 Å². The van der Waals surface area contributed by atoms with Gasteiger partial charge in [0.05, 0.1) is 18.9 Å². The summed E-state index contributed by atoms with van der Waals surface area (Å²) < 4.78 is 16.1. The predicted molar refractivity (Wildman–Crippen MR) is 77.7 cm³/mol. The lowest BCUT2D eigenvalue weighted by atomic mass is 10.2. The van der Waals surface area contributed by atoms with Gasteiger partial charge in [-0.15, -0.1) is 0 Å². The SMILES string of the molecule is CCOc1ccc(OCC)c(Nc2ccc(C(=O)O)o2)c1. The molecule has 1 heterocycles. The molecule has 1 aromatic heterocycles. The molecule has 0 fully saturated rings. The third-order valence-electron chi connectivity index (χ3n) is 2.64. The fraction of sp³-hybridized carbons (Fsp3) is 0.267. The minimum atomic E-state index is -1.11. The Kier molecular flexibility index (Phi) is 4.71. The number of rotatable bonds is 7. The molecule has 0 atom stereocenters. The van der Waals surface area contributed by atoms with E-state index in [1.54, 1.807) is 18.2 Å². The Morgan fingerprint density at radius 2 is 1.95 bits per heavy atom. The highest BCUT2D eigenvalue weighted by Crippen LogP contribution is 2.32. The molecule has 21 heavy (non-hydrogen) atoms. The van der Waals surface area contributed by atoms with Gasteiger partial charge in [-0.2, -0.15) is 0 Å². The first kappa shape index (κ1) is 14.8. The van der Waals surface area contributed by atoms with Crippen LogP contribution in [-0.4, -0.2) is 24.3 Å². The molecule has 0 saturated carbocycles. The van der Waals surface area contributed by atoms with Crippen molar-refractivity contribution in [1.82, 2.24) is 0 Å². The van der Waals surface area contributed by atoms with Crippen LogP contribution in [0.1, 0.15) is 24.4 Å². The van der Waals surface area contributed by atoms with Crippen LogP contribution in [-0.2, 0) is 0 Å². The van der Waals surface area contributed by atoms with Crippen LogP contribution in [0.2, 0.25) is 0 Å². The van der Waals surface area contributed by atoms with E-state index in [2.05, 4.69) is 5.32 Å². The van der Waals surface area contributed by atoms with Crippen molar-refractivity contribution in [2.24, 2.45) is 0 Å². The second-order valence-corrected chi connectivity index (χ2v) is 4.12. The number of anilines is 2. The van der Waals surface area contributed by atoms with Gasteiger partial charge >= 0.3 is 5.97 Å². The standard InChI is InChI=1S/C15H17NO5/c1-3-19-10-5-6-12(20-4-2)11(9-10)16-14-8-7-13(21-14)15(17)18/h5-9,16H,3-4H2,1-2H3,(H,17,18). The van der Waals surface area contributed by atoms with Crippen LogP contribution >= 0.6 is 0 Å². The molecule has 0 aliphatic heterocycles. The van der Waals surface area contributed by atoms with E-state index in [-0.39, 0.29) is 5.76 Å². The molecule has 112 valence electrons. The molecule has 0 unspecified atom stereocenters. The van der Waals surface area contributed by atoms with Crippen LogP contribution < -0.4 is 14.8 Å². The smallest absolute Gasteiger partial charge is 0.371 e. The topological polar surface area (TPSA) is 80.9 Å². The van der Waals surface area contributed by atoms with E-state index in [0.29, 0.717) is 36.3 Å². The van der Waals surface area contributed by atoms with Gasteiger partial charge in [0.1, 0.15) is 11.5 Å². The molecule has 0 spiro atoms. The third kappa shape index (κ3) is 3.68. The number of hydrogen-bond donors (Lipinski definition) is 2. The number of carboxylic acid groups (broad SMARTS) is 1. The molecule has 0 aliphatic rings.